The lowest BCUT2D eigenvalue weighted by atomic mass is 10.1. The van der Waals surface area contributed by atoms with Crippen LogP contribution in [0.1, 0.15) is 20.3 Å². The number of carbonyl (C=O) groups excluding carboxylic acids is 1. The molecule has 134 valence electrons. The molecule has 0 spiro atoms. The fourth-order valence-corrected chi connectivity index (χ4v) is 2.79. The molecule has 0 aromatic heterocycles. The van der Waals surface area contributed by atoms with Crippen LogP contribution in [0.15, 0.2) is 66.7 Å². The Morgan fingerprint density at radius 3 is 2.46 bits per heavy atom. The third kappa shape index (κ3) is 4.14. The van der Waals surface area contributed by atoms with Crippen LogP contribution in [0.3, 0.4) is 0 Å². The first kappa shape index (κ1) is 17.8. The van der Waals surface area contributed by atoms with Crippen LogP contribution < -0.4 is 14.8 Å². The summed E-state index contributed by atoms with van der Waals surface area (Å²) in [6.07, 6.45) is -0.0130. The largest absolute Gasteiger partial charge is 0.492 e. The molecule has 0 saturated carbocycles. The maximum atomic E-state index is 12.7. The van der Waals surface area contributed by atoms with E-state index in [-0.39, 0.29) is 5.91 Å². The van der Waals surface area contributed by atoms with Crippen molar-refractivity contribution in [2.75, 3.05) is 11.9 Å². The van der Waals surface area contributed by atoms with E-state index in [1.165, 1.54) is 0 Å². The number of carbonyl (C=O) groups is 1. The molecule has 1 amide bonds. The summed E-state index contributed by atoms with van der Waals surface area (Å²) < 4.78 is 11.5. The second kappa shape index (κ2) is 8.39. The smallest absolute Gasteiger partial charge is 0.265 e. The van der Waals surface area contributed by atoms with Crippen LogP contribution in [0.5, 0.6) is 11.5 Å². The normalized spacial score (nSPS) is 11.8. The number of amides is 1. The summed E-state index contributed by atoms with van der Waals surface area (Å²) in [6.45, 7) is 4.38. The molecule has 0 unspecified atom stereocenters. The lowest BCUT2D eigenvalue weighted by molar-refractivity contribution is -0.122. The van der Waals surface area contributed by atoms with Gasteiger partial charge in [0.1, 0.15) is 11.5 Å². The van der Waals surface area contributed by atoms with Gasteiger partial charge in [-0.1, -0.05) is 49.4 Å². The molecule has 4 heteroatoms. The minimum Gasteiger partial charge on any atom is -0.492 e. The zero-order valence-electron chi connectivity index (χ0n) is 15.1. The van der Waals surface area contributed by atoms with Crippen molar-refractivity contribution < 1.29 is 14.3 Å². The van der Waals surface area contributed by atoms with Crippen molar-refractivity contribution in [3.63, 3.8) is 0 Å². The number of nitrogens with one attached hydrogen (secondary N) is 1. The Balaban J connectivity index is 1.74. The first-order valence-electron chi connectivity index (χ1n) is 8.89. The number of ether oxygens (including phenoxy) is 2. The number of benzene rings is 3. The molecule has 4 nitrogen and oxygen atoms in total. The van der Waals surface area contributed by atoms with Gasteiger partial charge in [-0.25, -0.2) is 0 Å². The van der Waals surface area contributed by atoms with Crippen LogP contribution in [0, 0.1) is 0 Å². The zero-order valence-corrected chi connectivity index (χ0v) is 15.1. The van der Waals surface area contributed by atoms with Crippen LogP contribution in [0.2, 0.25) is 0 Å². The van der Waals surface area contributed by atoms with Crippen LogP contribution in [0.25, 0.3) is 10.8 Å². The van der Waals surface area contributed by atoms with Crippen molar-refractivity contribution >= 4 is 22.4 Å². The first-order valence-corrected chi connectivity index (χ1v) is 8.89. The van der Waals surface area contributed by atoms with Crippen LogP contribution in [0.4, 0.5) is 5.69 Å². The Labute approximate surface area is 153 Å². The summed E-state index contributed by atoms with van der Waals surface area (Å²) in [5.41, 5.74) is 0.653. The van der Waals surface area contributed by atoms with Gasteiger partial charge >= 0.3 is 0 Å². The van der Waals surface area contributed by atoms with Gasteiger partial charge in [-0.2, -0.15) is 0 Å². The maximum Gasteiger partial charge on any atom is 0.265 e. The molecule has 26 heavy (non-hydrogen) atoms. The fourth-order valence-electron chi connectivity index (χ4n) is 2.79. The lowest BCUT2D eigenvalue weighted by Crippen LogP contribution is -2.32. The monoisotopic (exact) mass is 349 g/mol. The molecule has 0 aliphatic carbocycles. The maximum absolute atomic E-state index is 12.7. The van der Waals surface area contributed by atoms with E-state index in [0.29, 0.717) is 30.2 Å². The van der Waals surface area contributed by atoms with Gasteiger partial charge in [0.05, 0.1) is 12.3 Å². The summed E-state index contributed by atoms with van der Waals surface area (Å²) in [7, 11) is 0. The summed E-state index contributed by atoms with van der Waals surface area (Å²) >= 11 is 0. The van der Waals surface area contributed by atoms with Crippen molar-refractivity contribution in [3.05, 3.63) is 66.7 Å². The summed E-state index contributed by atoms with van der Waals surface area (Å²) in [5, 5.41) is 5.14. The van der Waals surface area contributed by atoms with Crippen LogP contribution >= 0.6 is 0 Å². The Hall–Kier alpha value is -3.01. The van der Waals surface area contributed by atoms with E-state index in [1.807, 2.05) is 80.6 Å². The molecule has 1 N–H and O–H groups in total. The number of para-hydroxylation sites is 2. The molecule has 0 fully saturated rings. The molecule has 3 aromatic carbocycles. The van der Waals surface area contributed by atoms with Crippen molar-refractivity contribution in [2.45, 2.75) is 26.4 Å². The number of anilines is 1. The molecule has 0 heterocycles. The Morgan fingerprint density at radius 1 is 0.962 bits per heavy atom. The third-order valence-electron chi connectivity index (χ3n) is 4.11. The van der Waals surface area contributed by atoms with Crippen LogP contribution in [-0.2, 0) is 4.79 Å². The number of rotatable bonds is 7. The minimum absolute atomic E-state index is 0.187. The highest BCUT2D eigenvalue weighted by Crippen LogP contribution is 2.25. The Kier molecular flexibility index (Phi) is 5.74. The van der Waals surface area contributed by atoms with Crippen molar-refractivity contribution in [1.82, 2.24) is 0 Å². The fraction of sp³-hybridized carbons (Fsp3) is 0.227. The molecular formula is C22H23NO3. The molecule has 3 rings (SSSR count). The molecule has 0 saturated heterocycles. The van der Waals surface area contributed by atoms with Crippen LogP contribution in [-0.4, -0.2) is 18.6 Å². The molecule has 0 aliphatic heterocycles. The van der Waals surface area contributed by atoms with Gasteiger partial charge < -0.3 is 14.8 Å². The standard InChI is InChI=1S/C22H23NO3/c1-3-20(22(24)23-19-11-7-8-12-21(19)25-4-2)26-18-14-13-16-9-5-6-10-17(16)15-18/h5-15,20H,3-4H2,1-2H3,(H,23,24)/t20-/m1/s1. The zero-order chi connectivity index (χ0) is 18.4. The van der Waals surface area contributed by atoms with Gasteiger partial charge in [0, 0.05) is 0 Å². The number of hydrogen-bond donors (Lipinski definition) is 1. The van der Waals surface area contributed by atoms with E-state index >= 15 is 0 Å². The van der Waals surface area contributed by atoms with E-state index in [9.17, 15) is 4.79 Å². The summed E-state index contributed by atoms with van der Waals surface area (Å²) in [4.78, 5) is 12.7. The van der Waals surface area contributed by atoms with Crippen molar-refractivity contribution in [3.8, 4) is 11.5 Å². The van der Waals surface area contributed by atoms with E-state index in [0.717, 1.165) is 10.8 Å². The Morgan fingerprint density at radius 2 is 1.69 bits per heavy atom. The number of hydrogen-bond acceptors (Lipinski definition) is 3. The minimum atomic E-state index is -0.578. The highest BCUT2D eigenvalue weighted by atomic mass is 16.5. The first-order chi connectivity index (χ1) is 12.7. The van der Waals surface area contributed by atoms with Gasteiger partial charge in [-0.3, -0.25) is 4.79 Å². The molecule has 1 atom stereocenters. The number of fused-ring (bicyclic) bond motifs is 1. The van der Waals surface area contributed by atoms with E-state index < -0.39 is 6.10 Å². The average Bonchev–Trinajstić information content (AvgIpc) is 2.67. The Bertz CT molecular complexity index is 891. The predicted molar refractivity (Wildman–Crippen MR) is 105 cm³/mol. The highest BCUT2D eigenvalue weighted by molar-refractivity contribution is 5.95. The predicted octanol–water partition coefficient (Wildman–Crippen LogP) is 5.03. The molecule has 3 aromatic rings. The topological polar surface area (TPSA) is 47.6 Å². The summed E-state index contributed by atoms with van der Waals surface area (Å²) in [5.74, 6) is 1.15. The van der Waals surface area contributed by atoms with E-state index in [1.54, 1.807) is 0 Å². The quantitative estimate of drug-likeness (QED) is 0.650. The van der Waals surface area contributed by atoms with Gasteiger partial charge in [0.15, 0.2) is 6.10 Å². The third-order valence-corrected chi connectivity index (χ3v) is 4.11. The average molecular weight is 349 g/mol. The van der Waals surface area contributed by atoms with Gasteiger partial charge in [-0.05, 0) is 48.4 Å². The van der Waals surface area contributed by atoms with E-state index in [2.05, 4.69) is 5.32 Å². The van der Waals surface area contributed by atoms with Crippen molar-refractivity contribution in [2.24, 2.45) is 0 Å². The molecule has 0 radical (unpaired) electrons. The lowest BCUT2D eigenvalue weighted by Gasteiger charge is -2.19. The highest BCUT2D eigenvalue weighted by Gasteiger charge is 2.20. The molecule has 0 aliphatic rings. The second-order valence-corrected chi connectivity index (χ2v) is 5.94. The second-order valence-electron chi connectivity index (χ2n) is 5.94. The van der Waals surface area contributed by atoms with Crippen molar-refractivity contribution in [1.29, 1.82) is 0 Å². The molecule has 0 bridgehead atoms. The van der Waals surface area contributed by atoms with Gasteiger partial charge in [0.25, 0.3) is 5.91 Å². The van der Waals surface area contributed by atoms with Gasteiger partial charge in [0.2, 0.25) is 0 Å². The van der Waals surface area contributed by atoms with Gasteiger partial charge in [-0.15, -0.1) is 0 Å². The molecular weight excluding hydrogens is 326 g/mol. The summed E-state index contributed by atoms with van der Waals surface area (Å²) in [6, 6.07) is 21.3. The van der Waals surface area contributed by atoms with E-state index in [4.69, 9.17) is 9.47 Å². The SMILES string of the molecule is CCOc1ccccc1NC(=O)[C@@H](CC)Oc1ccc2ccccc2c1.